The third kappa shape index (κ3) is 1.95. The van der Waals surface area contributed by atoms with Crippen molar-refractivity contribution in [2.75, 3.05) is 4.90 Å². The maximum atomic E-state index is 9.59. The molecule has 27 heavy (non-hydrogen) atoms. The molecule has 1 atom stereocenters. The predicted octanol–water partition coefficient (Wildman–Crippen LogP) is 5.79. The molecule has 2 aromatic rings. The van der Waals surface area contributed by atoms with E-state index in [2.05, 4.69) is 68.1 Å². The van der Waals surface area contributed by atoms with Gasteiger partial charge in [0.1, 0.15) is 5.60 Å². The van der Waals surface area contributed by atoms with Gasteiger partial charge in [-0.2, -0.15) is 5.26 Å². The summed E-state index contributed by atoms with van der Waals surface area (Å²) in [5.41, 5.74) is 2.60. The van der Waals surface area contributed by atoms with Gasteiger partial charge in [-0.1, -0.05) is 63.4 Å². The van der Waals surface area contributed by atoms with Gasteiger partial charge in [0.15, 0.2) is 5.72 Å². The van der Waals surface area contributed by atoms with Crippen molar-refractivity contribution in [1.29, 1.82) is 5.26 Å². The van der Waals surface area contributed by atoms with E-state index in [1.807, 2.05) is 0 Å². The van der Waals surface area contributed by atoms with Crippen LogP contribution in [0.2, 0.25) is 0 Å². The molecule has 1 saturated heterocycles. The summed E-state index contributed by atoms with van der Waals surface area (Å²) in [7, 11) is 0. The third-order valence-electron chi connectivity index (χ3n) is 7.32. The molecule has 3 nitrogen and oxygen atoms in total. The molecule has 0 radical (unpaired) electrons. The number of rotatable bonds is 0. The molecule has 1 unspecified atom stereocenters. The Hall–Kier alpha value is -2.31. The molecule has 1 aliphatic carbocycles. The van der Waals surface area contributed by atoms with E-state index in [0.29, 0.717) is 0 Å². The van der Waals surface area contributed by atoms with Crippen molar-refractivity contribution in [2.45, 2.75) is 69.6 Å². The van der Waals surface area contributed by atoms with Crippen LogP contribution in [0.1, 0.15) is 58.4 Å². The number of nitriles is 1. The van der Waals surface area contributed by atoms with Gasteiger partial charge in [-0.05, 0) is 42.2 Å². The third-order valence-corrected chi connectivity index (χ3v) is 7.32. The molecular weight excluding hydrogens is 332 g/mol. The predicted molar refractivity (Wildman–Crippen MR) is 108 cm³/mol. The maximum Gasteiger partial charge on any atom is 0.152 e. The second kappa shape index (κ2) is 5.36. The number of allylic oxidation sites excluding steroid dienone is 1. The maximum absolute atomic E-state index is 9.59. The van der Waals surface area contributed by atoms with Crippen molar-refractivity contribution < 1.29 is 4.74 Å². The zero-order valence-electron chi connectivity index (χ0n) is 16.4. The fourth-order valence-corrected chi connectivity index (χ4v) is 5.75. The van der Waals surface area contributed by atoms with Gasteiger partial charge in [-0.25, -0.2) is 0 Å². The number of ether oxygens (including phenoxy) is 1. The first-order chi connectivity index (χ1) is 12.9. The number of nitrogens with zero attached hydrogens (tertiary/aromatic N) is 2. The van der Waals surface area contributed by atoms with Crippen molar-refractivity contribution in [3.05, 3.63) is 53.7 Å². The Labute approximate surface area is 161 Å². The SMILES string of the molecule is CC1(C)c2c(ccc3ccccc23)N2/C(=C\C#N)C3(CCCCC3)OC21C. The monoisotopic (exact) mass is 358 g/mol. The highest BCUT2D eigenvalue weighted by atomic mass is 16.6. The van der Waals surface area contributed by atoms with Gasteiger partial charge in [0.05, 0.1) is 11.8 Å². The summed E-state index contributed by atoms with van der Waals surface area (Å²) in [5.74, 6) is 0. The molecule has 138 valence electrons. The highest BCUT2D eigenvalue weighted by molar-refractivity contribution is 5.94. The summed E-state index contributed by atoms with van der Waals surface area (Å²) >= 11 is 0. The number of hydrogen-bond donors (Lipinski definition) is 0. The van der Waals surface area contributed by atoms with Crippen LogP contribution in [0.3, 0.4) is 0 Å². The lowest BCUT2D eigenvalue weighted by molar-refractivity contribution is -0.127. The summed E-state index contributed by atoms with van der Waals surface area (Å²) in [5, 5.41) is 12.1. The lowest BCUT2D eigenvalue weighted by Gasteiger charge is -2.41. The van der Waals surface area contributed by atoms with Crippen LogP contribution in [0.25, 0.3) is 10.8 Å². The molecule has 5 rings (SSSR count). The van der Waals surface area contributed by atoms with Crippen LogP contribution in [0.15, 0.2) is 48.2 Å². The average molecular weight is 358 g/mol. The zero-order valence-corrected chi connectivity index (χ0v) is 16.4. The van der Waals surface area contributed by atoms with Crippen molar-refractivity contribution in [3.63, 3.8) is 0 Å². The molecule has 3 aliphatic rings. The Morgan fingerprint density at radius 3 is 2.52 bits per heavy atom. The lowest BCUT2D eigenvalue weighted by atomic mass is 9.76. The standard InChI is InChI=1S/C24H26N2O/c1-22(2)21-18-10-6-5-9-17(18)11-12-19(21)26-20(13-16-25)24(27-23(22,26)3)14-7-4-8-15-24/h5-6,9-13H,4,7-8,14-15H2,1-3H3/b20-13-. The minimum atomic E-state index is -0.487. The first-order valence-corrected chi connectivity index (χ1v) is 10.1. The van der Waals surface area contributed by atoms with Gasteiger partial charge >= 0.3 is 0 Å². The molecule has 0 aromatic heterocycles. The lowest BCUT2D eigenvalue weighted by Crippen LogP contribution is -2.50. The van der Waals surface area contributed by atoms with Crippen LogP contribution in [-0.4, -0.2) is 11.3 Å². The number of fused-ring (bicyclic) bond motifs is 5. The average Bonchev–Trinajstić information content (AvgIpc) is 3.00. The molecule has 3 heteroatoms. The summed E-state index contributed by atoms with van der Waals surface area (Å²) in [6, 6.07) is 15.3. The minimum absolute atomic E-state index is 0.196. The van der Waals surface area contributed by atoms with Gasteiger partial charge in [0.25, 0.3) is 0 Å². The Balaban J connectivity index is 1.80. The van der Waals surface area contributed by atoms with E-state index < -0.39 is 5.72 Å². The molecular formula is C24H26N2O. The highest BCUT2D eigenvalue weighted by Crippen LogP contribution is 2.63. The van der Waals surface area contributed by atoms with Crippen LogP contribution in [0, 0.1) is 11.3 Å². The van der Waals surface area contributed by atoms with E-state index in [4.69, 9.17) is 4.74 Å². The van der Waals surface area contributed by atoms with Gasteiger partial charge in [0, 0.05) is 17.2 Å². The zero-order chi connectivity index (χ0) is 18.9. The van der Waals surface area contributed by atoms with Gasteiger partial charge < -0.3 is 9.64 Å². The summed E-state index contributed by atoms with van der Waals surface area (Å²) < 4.78 is 7.02. The highest BCUT2D eigenvalue weighted by Gasteiger charge is 2.66. The molecule has 2 heterocycles. The molecule has 1 saturated carbocycles. The Morgan fingerprint density at radius 1 is 1.04 bits per heavy atom. The quantitative estimate of drug-likeness (QED) is 0.559. The van der Waals surface area contributed by atoms with E-state index in [1.54, 1.807) is 6.08 Å². The summed E-state index contributed by atoms with van der Waals surface area (Å²) in [6.45, 7) is 6.81. The Morgan fingerprint density at radius 2 is 1.78 bits per heavy atom. The van der Waals surface area contributed by atoms with E-state index in [-0.39, 0.29) is 11.0 Å². The van der Waals surface area contributed by atoms with Crippen LogP contribution in [0.4, 0.5) is 5.69 Å². The topological polar surface area (TPSA) is 36.3 Å². The fourth-order valence-electron chi connectivity index (χ4n) is 5.75. The van der Waals surface area contributed by atoms with Crippen LogP contribution in [-0.2, 0) is 10.2 Å². The first kappa shape index (κ1) is 16.8. The molecule has 2 aliphatic heterocycles. The van der Waals surface area contributed by atoms with Crippen molar-refractivity contribution in [2.24, 2.45) is 0 Å². The van der Waals surface area contributed by atoms with Gasteiger partial charge in [-0.15, -0.1) is 0 Å². The van der Waals surface area contributed by atoms with E-state index >= 15 is 0 Å². The van der Waals surface area contributed by atoms with E-state index in [9.17, 15) is 5.26 Å². The molecule has 0 bridgehead atoms. The Bertz CT molecular complexity index is 1010. The normalized spacial score (nSPS) is 29.1. The Kier molecular flexibility index (Phi) is 3.34. The van der Waals surface area contributed by atoms with Crippen LogP contribution >= 0.6 is 0 Å². The van der Waals surface area contributed by atoms with Crippen molar-refractivity contribution >= 4 is 16.5 Å². The molecule has 0 N–H and O–H groups in total. The van der Waals surface area contributed by atoms with Crippen molar-refractivity contribution in [3.8, 4) is 6.07 Å². The number of hydrogen-bond acceptors (Lipinski definition) is 3. The minimum Gasteiger partial charge on any atom is -0.342 e. The molecule has 2 aromatic carbocycles. The molecule has 2 fully saturated rings. The second-order valence-electron chi connectivity index (χ2n) is 8.94. The van der Waals surface area contributed by atoms with Crippen LogP contribution < -0.4 is 4.90 Å². The number of anilines is 1. The molecule has 1 spiro atoms. The first-order valence-electron chi connectivity index (χ1n) is 10.1. The van der Waals surface area contributed by atoms with E-state index in [0.717, 1.165) is 31.4 Å². The number of benzene rings is 2. The second-order valence-corrected chi connectivity index (χ2v) is 8.94. The summed E-state index contributed by atoms with van der Waals surface area (Å²) in [4.78, 5) is 2.35. The smallest absolute Gasteiger partial charge is 0.152 e. The molecule has 0 amide bonds. The largest absolute Gasteiger partial charge is 0.342 e. The van der Waals surface area contributed by atoms with Crippen LogP contribution in [0.5, 0.6) is 0 Å². The van der Waals surface area contributed by atoms with Gasteiger partial charge in [-0.3, -0.25) is 0 Å². The van der Waals surface area contributed by atoms with Gasteiger partial charge in [0.2, 0.25) is 0 Å². The fraction of sp³-hybridized carbons (Fsp3) is 0.458. The summed E-state index contributed by atoms with van der Waals surface area (Å²) in [6.07, 6.45) is 7.34. The van der Waals surface area contributed by atoms with Crippen molar-refractivity contribution in [1.82, 2.24) is 0 Å². The van der Waals surface area contributed by atoms with E-state index in [1.165, 1.54) is 28.4 Å².